The van der Waals surface area contributed by atoms with E-state index in [0.717, 1.165) is 34.2 Å². The molecule has 0 radical (unpaired) electrons. The first kappa shape index (κ1) is 25.3. The van der Waals surface area contributed by atoms with Gasteiger partial charge in [0.1, 0.15) is 17.1 Å². The number of nitrogens with zero attached hydrogens (tertiary/aromatic N) is 3. The molecule has 8 nitrogen and oxygen atoms in total. The SMILES string of the molecule is CCCOc1ccc(C2c3c(-c4cc(C)cc(C)c4O)n[nH]c3C(=O)N2Cc2cccnc2)cc1OCC. The molecule has 0 saturated heterocycles. The summed E-state index contributed by atoms with van der Waals surface area (Å²) in [5.41, 5.74) is 5.81. The van der Waals surface area contributed by atoms with Gasteiger partial charge in [-0.2, -0.15) is 5.10 Å². The van der Waals surface area contributed by atoms with Crippen molar-refractivity contribution in [3.05, 3.63) is 88.4 Å². The second-order valence-corrected chi connectivity index (χ2v) is 9.52. The summed E-state index contributed by atoms with van der Waals surface area (Å²) in [6.07, 6.45) is 4.35. The van der Waals surface area contributed by atoms with Gasteiger partial charge in [-0.25, -0.2) is 0 Å². The largest absolute Gasteiger partial charge is 0.507 e. The lowest BCUT2D eigenvalue weighted by atomic mass is 9.93. The molecule has 8 heteroatoms. The molecule has 1 aliphatic heterocycles. The van der Waals surface area contributed by atoms with Crippen molar-refractivity contribution < 1.29 is 19.4 Å². The highest BCUT2D eigenvalue weighted by Crippen LogP contribution is 2.47. The number of benzene rings is 2. The molecule has 2 aromatic heterocycles. The Hall–Kier alpha value is -4.33. The number of H-pyrrole nitrogens is 1. The van der Waals surface area contributed by atoms with Gasteiger partial charge in [0.05, 0.1) is 19.3 Å². The molecule has 1 amide bonds. The number of aryl methyl sites for hydroxylation is 2. The third-order valence-electron chi connectivity index (χ3n) is 6.68. The fraction of sp³-hybridized carbons (Fsp3) is 0.300. The number of ether oxygens (including phenoxy) is 2. The first-order valence-corrected chi connectivity index (χ1v) is 12.9. The van der Waals surface area contributed by atoms with Crippen LogP contribution >= 0.6 is 0 Å². The number of carbonyl (C=O) groups excluding carboxylic acids is 1. The zero-order chi connectivity index (χ0) is 26.8. The predicted octanol–water partition coefficient (Wildman–Crippen LogP) is 5.73. The number of phenolic OH excluding ortho intramolecular Hbond substituents is 1. The number of pyridine rings is 1. The molecule has 0 aliphatic carbocycles. The summed E-state index contributed by atoms with van der Waals surface area (Å²) < 4.78 is 11.9. The molecule has 0 fully saturated rings. The number of aromatic amines is 1. The topological polar surface area (TPSA) is 101 Å². The maximum Gasteiger partial charge on any atom is 0.273 e. The van der Waals surface area contributed by atoms with E-state index in [9.17, 15) is 9.90 Å². The number of rotatable bonds is 9. The van der Waals surface area contributed by atoms with Crippen molar-refractivity contribution in [3.8, 4) is 28.5 Å². The van der Waals surface area contributed by atoms with Crippen LogP contribution in [0.15, 0.2) is 54.9 Å². The van der Waals surface area contributed by atoms with Gasteiger partial charge in [-0.1, -0.05) is 25.1 Å². The monoisotopic (exact) mass is 512 g/mol. The Morgan fingerprint density at radius 1 is 1.08 bits per heavy atom. The van der Waals surface area contributed by atoms with Crippen LogP contribution in [0.25, 0.3) is 11.3 Å². The van der Waals surface area contributed by atoms with E-state index < -0.39 is 6.04 Å². The summed E-state index contributed by atoms with van der Waals surface area (Å²) in [5.74, 6) is 1.28. The first-order valence-electron chi connectivity index (χ1n) is 12.9. The van der Waals surface area contributed by atoms with Crippen LogP contribution in [0.2, 0.25) is 0 Å². The van der Waals surface area contributed by atoms with Crippen LogP contribution in [-0.2, 0) is 6.54 Å². The zero-order valence-electron chi connectivity index (χ0n) is 22.1. The average molecular weight is 513 g/mol. The highest BCUT2D eigenvalue weighted by Gasteiger charge is 2.43. The van der Waals surface area contributed by atoms with Gasteiger partial charge in [0.15, 0.2) is 11.5 Å². The second-order valence-electron chi connectivity index (χ2n) is 9.52. The van der Waals surface area contributed by atoms with Gasteiger partial charge in [-0.15, -0.1) is 0 Å². The Bertz CT molecular complexity index is 1460. The van der Waals surface area contributed by atoms with Gasteiger partial charge in [0.2, 0.25) is 0 Å². The Kier molecular flexibility index (Phi) is 7.05. The quantitative estimate of drug-likeness (QED) is 0.297. The van der Waals surface area contributed by atoms with Crippen LogP contribution in [-0.4, -0.2) is 44.3 Å². The van der Waals surface area contributed by atoms with Gasteiger partial charge in [0.25, 0.3) is 5.91 Å². The van der Waals surface area contributed by atoms with Crippen LogP contribution in [0.3, 0.4) is 0 Å². The predicted molar refractivity (Wildman–Crippen MR) is 145 cm³/mol. The Balaban J connectivity index is 1.68. The molecule has 5 rings (SSSR count). The van der Waals surface area contributed by atoms with E-state index in [2.05, 4.69) is 22.1 Å². The van der Waals surface area contributed by atoms with Crippen LogP contribution < -0.4 is 9.47 Å². The van der Waals surface area contributed by atoms with Crippen molar-refractivity contribution in [2.75, 3.05) is 13.2 Å². The van der Waals surface area contributed by atoms with Crippen molar-refractivity contribution in [3.63, 3.8) is 0 Å². The number of fused-ring (bicyclic) bond motifs is 1. The molecule has 1 atom stereocenters. The molecular weight excluding hydrogens is 480 g/mol. The Morgan fingerprint density at radius 3 is 2.66 bits per heavy atom. The van der Waals surface area contributed by atoms with E-state index >= 15 is 0 Å². The molecule has 1 unspecified atom stereocenters. The number of nitrogens with one attached hydrogen (secondary N) is 1. The summed E-state index contributed by atoms with van der Waals surface area (Å²) in [6, 6.07) is 13.0. The molecule has 196 valence electrons. The summed E-state index contributed by atoms with van der Waals surface area (Å²) in [4.78, 5) is 19.8. The molecule has 0 saturated carbocycles. The van der Waals surface area contributed by atoms with E-state index in [1.54, 1.807) is 17.3 Å². The van der Waals surface area contributed by atoms with E-state index in [0.29, 0.717) is 48.2 Å². The van der Waals surface area contributed by atoms with Crippen molar-refractivity contribution >= 4 is 5.91 Å². The maximum atomic E-state index is 13.8. The van der Waals surface area contributed by atoms with Crippen LogP contribution in [0, 0.1) is 13.8 Å². The minimum atomic E-state index is -0.467. The summed E-state index contributed by atoms with van der Waals surface area (Å²) >= 11 is 0. The van der Waals surface area contributed by atoms with Crippen molar-refractivity contribution in [2.45, 2.75) is 46.7 Å². The number of aromatic nitrogens is 3. The standard InChI is InChI=1S/C30H32N4O4/c1-5-12-38-23-10-9-21(15-24(23)37-6-2)28-25-26(22-14-18(3)13-19(4)29(22)35)32-33-27(25)30(36)34(28)17-20-8-7-11-31-16-20/h7-11,13-16,28,35H,5-6,12,17H2,1-4H3,(H,32,33). The number of amides is 1. The average Bonchev–Trinajstić information content (AvgIpc) is 3.45. The van der Waals surface area contributed by atoms with Crippen molar-refractivity contribution in [1.29, 1.82) is 0 Å². The van der Waals surface area contributed by atoms with Gasteiger partial charge in [-0.3, -0.25) is 14.9 Å². The fourth-order valence-electron chi connectivity index (χ4n) is 5.03. The van der Waals surface area contributed by atoms with Gasteiger partial charge >= 0.3 is 0 Å². The Morgan fingerprint density at radius 2 is 1.92 bits per heavy atom. The molecular formula is C30H32N4O4. The number of aromatic hydroxyl groups is 1. The smallest absolute Gasteiger partial charge is 0.273 e. The number of hydrogen-bond acceptors (Lipinski definition) is 6. The zero-order valence-corrected chi connectivity index (χ0v) is 22.1. The van der Waals surface area contributed by atoms with E-state index in [1.165, 1.54) is 0 Å². The molecule has 4 aromatic rings. The summed E-state index contributed by atoms with van der Waals surface area (Å²) in [7, 11) is 0. The molecule has 2 aromatic carbocycles. The lowest BCUT2D eigenvalue weighted by Gasteiger charge is -2.27. The fourth-order valence-corrected chi connectivity index (χ4v) is 5.03. The van der Waals surface area contributed by atoms with E-state index in [-0.39, 0.29) is 11.7 Å². The van der Waals surface area contributed by atoms with Crippen molar-refractivity contribution in [1.82, 2.24) is 20.1 Å². The minimum absolute atomic E-state index is 0.153. The highest BCUT2D eigenvalue weighted by molar-refractivity contribution is 6.00. The number of carbonyl (C=O) groups is 1. The number of phenols is 1. The molecule has 1 aliphatic rings. The van der Waals surface area contributed by atoms with Gasteiger partial charge in [0, 0.05) is 30.1 Å². The lowest BCUT2D eigenvalue weighted by Crippen LogP contribution is -2.29. The van der Waals surface area contributed by atoms with E-state index in [4.69, 9.17) is 9.47 Å². The van der Waals surface area contributed by atoms with Crippen LogP contribution in [0.1, 0.15) is 64.6 Å². The lowest BCUT2D eigenvalue weighted by molar-refractivity contribution is 0.0729. The maximum absolute atomic E-state index is 13.8. The van der Waals surface area contributed by atoms with E-state index in [1.807, 2.05) is 63.2 Å². The Labute approximate surface area is 222 Å². The van der Waals surface area contributed by atoms with Crippen molar-refractivity contribution in [2.24, 2.45) is 0 Å². The second kappa shape index (κ2) is 10.6. The molecule has 2 N–H and O–H groups in total. The molecule has 0 bridgehead atoms. The molecule has 38 heavy (non-hydrogen) atoms. The summed E-state index contributed by atoms with van der Waals surface area (Å²) in [6.45, 7) is 9.24. The summed E-state index contributed by atoms with van der Waals surface area (Å²) in [5, 5.41) is 18.5. The highest BCUT2D eigenvalue weighted by atomic mass is 16.5. The van der Waals surface area contributed by atoms with Crippen LogP contribution in [0.4, 0.5) is 0 Å². The normalized spacial score (nSPS) is 14.6. The third kappa shape index (κ3) is 4.58. The molecule has 0 spiro atoms. The first-order chi connectivity index (χ1) is 18.4. The van der Waals surface area contributed by atoms with Crippen LogP contribution in [0.5, 0.6) is 17.2 Å². The van der Waals surface area contributed by atoms with Gasteiger partial charge in [-0.05, 0) is 73.7 Å². The number of hydrogen-bond donors (Lipinski definition) is 2. The third-order valence-corrected chi connectivity index (χ3v) is 6.68. The minimum Gasteiger partial charge on any atom is -0.507 e. The van der Waals surface area contributed by atoms with Gasteiger partial charge < -0.3 is 19.5 Å². The molecule has 3 heterocycles.